The summed E-state index contributed by atoms with van der Waals surface area (Å²) in [6.07, 6.45) is 7.59. The van der Waals surface area contributed by atoms with Crippen LogP contribution >= 0.6 is 0 Å². The second-order valence-electron chi connectivity index (χ2n) is 10.8. The molecule has 1 aliphatic carbocycles. The minimum atomic E-state index is -1.25. The van der Waals surface area contributed by atoms with Gasteiger partial charge in [0.05, 0.1) is 23.3 Å². The molecule has 4 rings (SSSR count). The number of β-amino-alcohol motifs (C(OH)–C–C–N with tert-alkyl or cyclic N) is 1. The highest BCUT2D eigenvalue weighted by Crippen LogP contribution is 2.41. The Morgan fingerprint density at radius 3 is 2.25 bits per heavy atom. The van der Waals surface area contributed by atoms with E-state index < -0.39 is 11.0 Å². The van der Waals surface area contributed by atoms with E-state index in [0.29, 0.717) is 36.6 Å². The highest BCUT2D eigenvalue weighted by atomic mass is 16.3. The maximum absolute atomic E-state index is 13.2. The van der Waals surface area contributed by atoms with Gasteiger partial charge in [-0.2, -0.15) is 0 Å². The number of hydrogen-bond donors (Lipinski definition) is 1. The highest BCUT2D eigenvalue weighted by molar-refractivity contribution is 6.21. The van der Waals surface area contributed by atoms with Crippen molar-refractivity contribution in [2.24, 2.45) is 17.3 Å². The number of fused-ring (bicyclic) bond motifs is 1. The van der Waals surface area contributed by atoms with Crippen LogP contribution in [0.2, 0.25) is 0 Å². The van der Waals surface area contributed by atoms with Gasteiger partial charge in [0.25, 0.3) is 11.8 Å². The number of piperidine rings is 1. The van der Waals surface area contributed by atoms with E-state index in [1.54, 1.807) is 24.3 Å². The molecule has 2 atom stereocenters. The maximum Gasteiger partial charge on any atom is 0.261 e. The quantitative estimate of drug-likeness (QED) is 0.705. The van der Waals surface area contributed by atoms with E-state index in [1.807, 2.05) is 25.7 Å². The Kier molecular flexibility index (Phi) is 6.19. The van der Waals surface area contributed by atoms with Gasteiger partial charge >= 0.3 is 0 Å². The van der Waals surface area contributed by atoms with E-state index in [-0.39, 0.29) is 30.2 Å². The molecule has 32 heavy (non-hydrogen) atoms. The van der Waals surface area contributed by atoms with Gasteiger partial charge in [-0.3, -0.25) is 19.3 Å². The van der Waals surface area contributed by atoms with E-state index in [9.17, 15) is 19.5 Å². The lowest BCUT2D eigenvalue weighted by Gasteiger charge is -2.51. The summed E-state index contributed by atoms with van der Waals surface area (Å²) in [5.41, 5.74) is -1.11. The molecule has 1 N–H and O–H groups in total. The second-order valence-corrected chi connectivity index (χ2v) is 10.8. The predicted molar refractivity (Wildman–Crippen MR) is 122 cm³/mol. The van der Waals surface area contributed by atoms with Gasteiger partial charge in [0, 0.05) is 24.4 Å². The van der Waals surface area contributed by atoms with Crippen molar-refractivity contribution < 1.29 is 19.5 Å². The number of likely N-dealkylation sites (tertiary alicyclic amines) is 1. The summed E-state index contributed by atoms with van der Waals surface area (Å²) in [7, 11) is 0. The molecule has 2 unspecified atom stereocenters. The minimum Gasteiger partial charge on any atom is -0.387 e. The number of carbonyl (C=O) groups is 3. The molecule has 3 aliphatic rings. The second kappa shape index (κ2) is 8.62. The first-order valence-corrected chi connectivity index (χ1v) is 12.1. The predicted octanol–water partition coefficient (Wildman–Crippen LogP) is 3.88. The van der Waals surface area contributed by atoms with Gasteiger partial charge < -0.3 is 10.0 Å². The highest BCUT2D eigenvalue weighted by Gasteiger charge is 2.52. The normalized spacial score (nSPS) is 26.9. The van der Waals surface area contributed by atoms with Crippen LogP contribution in [0, 0.1) is 17.3 Å². The topological polar surface area (TPSA) is 77.9 Å². The van der Waals surface area contributed by atoms with Gasteiger partial charge in [-0.25, -0.2) is 0 Å². The molecule has 3 amide bonds. The number of amides is 3. The summed E-state index contributed by atoms with van der Waals surface area (Å²) >= 11 is 0. The van der Waals surface area contributed by atoms with Crippen molar-refractivity contribution in [3.63, 3.8) is 0 Å². The van der Waals surface area contributed by atoms with Gasteiger partial charge in [0.15, 0.2) is 0 Å². The molecule has 6 nitrogen and oxygen atoms in total. The summed E-state index contributed by atoms with van der Waals surface area (Å²) in [5, 5.41) is 11.6. The van der Waals surface area contributed by atoms with E-state index >= 15 is 0 Å². The average Bonchev–Trinajstić information content (AvgIpc) is 3.01. The Labute approximate surface area is 191 Å². The van der Waals surface area contributed by atoms with Crippen molar-refractivity contribution in [1.29, 1.82) is 0 Å². The molecule has 0 aromatic heterocycles. The number of hydrogen-bond acceptors (Lipinski definition) is 4. The number of benzene rings is 1. The van der Waals surface area contributed by atoms with Crippen LogP contribution in [0.1, 0.15) is 86.4 Å². The fourth-order valence-electron chi connectivity index (χ4n) is 5.82. The monoisotopic (exact) mass is 440 g/mol. The molecular weight excluding hydrogens is 404 g/mol. The van der Waals surface area contributed by atoms with Gasteiger partial charge in [0.1, 0.15) is 0 Å². The van der Waals surface area contributed by atoms with Crippen molar-refractivity contribution in [2.45, 2.75) is 71.3 Å². The average molecular weight is 441 g/mol. The standard InChI is InChI=1S/C26H36N2O4/c1-18(15-19-9-5-4-6-10-19)22(29)27-14-13-26(32,25(2,3)16-27)17-28-23(30)20-11-7-8-12-21(20)24(28)31/h7-8,11-12,18-19,32H,4-6,9-10,13-17H2,1-3H3. The molecule has 1 saturated heterocycles. The lowest BCUT2D eigenvalue weighted by molar-refractivity contribution is -0.156. The number of rotatable bonds is 5. The molecule has 2 heterocycles. The molecular formula is C26H36N2O4. The van der Waals surface area contributed by atoms with E-state index in [0.717, 1.165) is 6.42 Å². The van der Waals surface area contributed by atoms with Crippen LogP contribution in [0.4, 0.5) is 0 Å². The molecule has 1 aromatic rings. The molecule has 0 spiro atoms. The zero-order valence-electron chi connectivity index (χ0n) is 19.6. The van der Waals surface area contributed by atoms with Gasteiger partial charge in [-0.05, 0) is 30.9 Å². The molecule has 0 radical (unpaired) electrons. The third-order valence-corrected chi connectivity index (χ3v) is 8.08. The van der Waals surface area contributed by atoms with Crippen LogP contribution in [0.3, 0.4) is 0 Å². The lowest BCUT2D eigenvalue weighted by Crippen LogP contribution is -2.63. The van der Waals surface area contributed by atoms with Crippen LogP contribution in [0.5, 0.6) is 0 Å². The molecule has 174 valence electrons. The van der Waals surface area contributed by atoms with Crippen molar-refractivity contribution in [2.75, 3.05) is 19.6 Å². The molecule has 1 aromatic carbocycles. The first kappa shape index (κ1) is 23.0. The first-order chi connectivity index (χ1) is 15.1. The Hall–Kier alpha value is -2.21. The van der Waals surface area contributed by atoms with E-state index in [1.165, 1.54) is 37.0 Å². The summed E-state index contributed by atoms with van der Waals surface area (Å²) < 4.78 is 0. The van der Waals surface area contributed by atoms with Gasteiger partial charge in [-0.1, -0.05) is 65.0 Å². The Morgan fingerprint density at radius 2 is 1.69 bits per heavy atom. The number of nitrogens with zero attached hydrogens (tertiary/aromatic N) is 2. The third kappa shape index (κ3) is 4.09. The summed E-state index contributed by atoms with van der Waals surface area (Å²) in [6, 6.07) is 6.79. The Balaban J connectivity index is 1.42. The van der Waals surface area contributed by atoms with Gasteiger partial charge in [0.2, 0.25) is 5.91 Å². The smallest absolute Gasteiger partial charge is 0.261 e. The zero-order valence-corrected chi connectivity index (χ0v) is 19.6. The first-order valence-electron chi connectivity index (χ1n) is 12.1. The largest absolute Gasteiger partial charge is 0.387 e. The van der Waals surface area contributed by atoms with Crippen molar-refractivity contribution >= 4 is 17.7 Å². The van der Waals surface area contributed by atoms with E-state index in [4.69, 9.17) is 0 Å². The van der Waals surface area contributed by atoms with Crippen molar-refractivity contribution in [3.8, 4) is 0 Å². The molecule has 0 bridgehead atoms. The Bertz CT molecular complexity index is 870. The van der Waals surface area contributed by atoms with Crippen molar-refractivity contribution in [1.82, 2.24) is 9.80 Å². The van der Waals surface area contributed by atoms with Gasteiger partial charge in [-0.15, -0.1) is 0 Å². The SMILES string of the molecule is CC(CC1CCCCC1)C(=O)N1CCC(O)(CN2C(=O)c3ccccc3C2=O)C(C)(C)C1. The summed E-state index contributed by atoms with van der Waals surface area (Å²) in [4.78, 5) is 41.9. The molecule has 2 aliphatic heterocycles. The van der Waals surface area contributed by atoms with Crippen LogP contribution in [0.25, 0.3) is 0 Å². The van der Waals surface area contributed by atoms with Crippen LogP contribution in [-0.4, -0.2) is 57.9 Å². The molecule has 1 saturated carbocycles. The fraction of sp³-hybridized carbons (Fsp3) is 0.654. The van der Waals surface area contributed by atoms with Crippen LogP contribution < -0.4 is 0 Å². The van der Waals surface area contributed by atoms with Crippen LogP contribution in [-0.2, 0) is 4.79 Å². The minimum absolute atomic E-state index is 0.0173. The van der Waals surface area contributed by atoms with Crippen LogP contribution in [0.15, 0.2) is 24.3 Å². The van der Waals surface area contributed by atoms with Crippen molar-refractivity contribution in [3.05, 3.63) is 35.4 Å². The maximum atomic E-state index is 13.2. The zero-order chi connectivity index (χ0) is 23.1. The van der Waals surface area contributed by atoms with E-state index in [2.05, 4.69) is 0 Å². The summed E-state index contributed by atoms with van der Waals surface area (Å²) in [5.74, 6) is 0.0814. The Morgan fingerprint density at radius 1 is 1.09 bits per heavy atom. The fourth-order valence-corrected chi connectivity index (χ4v) is 5.82. The summed E-state index contributed by atoms with van der Waals surface area (Å²) in [6.45, 7) is 6.69. The molecule has 6 heteroatoms. The third-order valence-electron chi connectivity index (χ3n) is 8.08. The number of aliphatic hydroxyl groups is 1. The number of imide groups is 1. The number of carbonyl (C=O) groups excluding carboxylic acids is 3. The molecule has 2 fully saturated rings. The lowest BCUT2D eigenvalue weighted by atomic mass is 9.69.